The van der Waals surface area contributed by atoms with Gasteiger partial charge in [-0.05, 0) is 43.2 Å². The summed E-state index contributed by atoms with van der Waals surface area (Å²) in [7, 11) is -3.11. The maximum atomic E-state index is 12.8. The number of amides is 1. The summed E-state index contributed by atoms with van der Waals surface area (Å²) in [5.41, 5.74) is 2.71. The van der Waals surface area contributed by atoms with Gasteiger partial charge in [0.1, 0.15) is 11.4 Å². The standard InChI is InChI=1S/C19H20N2O4S/c1-12-5-3-7-17(13(12)2)25-18-16(6-4-8-20-18)21-9-14-10-26(23,24)11-15(14)19(21)22/h3-8,14-15H,9-11H2,1-2H3. The number of sulfone groups is 1. The largest absolute Gasteiger partial charge is 0.437 e. The molecule has 2 saturated heterocycles. The van der Waals surface area contributed by atoms with Gasteiger partial charge >= 0.3 is 0 Å². The van der Waals surface area contributed by atoms with Crippen molar-refractivity contribution in [2.24, 2.45) is 11.8 Å². The monoisotopic (exact) mass is 372 g/mol. The van der Waals surface area contributed by atoms with Crippen LogP contribution in [0.4, 0.5) is 5.69 Å². The molecule has 4 rings (SSSR count). The van der Waals surface area contributed by atoms with Crippen LogP contribution in [-0.4, -0.2) is 37.4 Å². The highest BCUT2D eigenvalue weighted by atomic mass is 32.2. The Bertz CT molecular complexity index is 987. The van der Waals surface area contributed by atoms with Crippen LogP contribution in [0.2, 0.25) is 0 Å². The molecular weight excluding hydrogens is 352 g/mol. The zero-order valence-electron chi connectivity index (χ0n) is 14.7. The molecule has 3 heterocycles. The van der Waals surface area contributed by atoms with Gasteiger partial charge in [-0.15, -0.1) is 0 Å². The van der Waals surface area contributed by atoms with Gasteiger partial charge in [0, 0.05) is 18.7 Å². The summed E-state index contributed by atoms with van der Waals surface area (Å²) in [4.78, 5) is 18.7. The molecule has 1 aromatic heterocycles. The van der Waals surface area contributed by atoms with Crippen molar-refractivity contribution in [2.75, 3.05) is 23.0 Å². The summed E-state index contributed by atoms with van der Waals surface area (Å²) >= 11 is 0. The second-order valence-electron chi connectivity index (χ2n) is 7.02. The molecule has 0 saturated carbocycles. The lowest BCUT2D eigenvalue weighted by Gasteiger charge is -2.20. The number of hydrogen-bond acceptors (Lipinski definition) is 5. The van der Waals surface area contributed by atoms with E-state index >= 15 is 0 Å². The number of benzene rings is 1. The van der Waals surface area contributed by atoms with Gasteiger partial charge in [-0.3, -0.25) is 4.79 Å². The molecule has 2 unspecified atom stereocenters. The van der Waals surface area contributed by atoms with Crippen molar-refractivity contribution in [1.29, 1.82) is 0 Å². The first-order chi connectivity index (χ1) is 12.4. The number of hydrogen-bond donors (Lipinski definition) is 0. The van der Waals surface area contributed by atoms with E-state index in [1.54, 1.807) is 23.2 Å². The zero-order valence-corrected chi connectivity index (χ0v) is 15.5. The van der Waals surface area contributed by atoms with E-state index in [4.69, 9.17) is 4.74 Å². The summed E-state index contributed by atoms with van der Waals surface area (Å²) in [5, 5.41) is 0. The van der Waals surface area contributed by atoms with Crippen LogP contribution in [0.25, 0.3) is 0 Å². The molecule has 6 nitrogen and oxygen atoms in total. The smallest absolute Gasteiger partial charge is 0.243 e. The minimum absolute atomic E-state index is 0.0551. The highest BCUT2D eigenvalue weighted by Crippen LogP contribution is 2.40. The lowest BCUT2D eigenvalue weighted by Crippen LogP contribution is -2.30. The minimum Gasteiger partial charge on any atom is -0.437 e. The third-order valence-corrected chi connectivity index (χ3v) is 7.08. The molecule has 0 N–H and O–H groups in total. The van der Waals surface area contributed by atoms with E-state index in [1.807, 2.05) is 32.0 Å². The molecule has 2 aliphatic heterocycles. The van der Waals surface area contributed by atoms with Crippen LogP contribution in [0.1, 0.15) is 11.1 Å². The average molecular weight is 372 g/mol. The Balaban J connectivity index is 1.65. The van der Waals surface area contributed by atoms with E-state index in [1.165, 1.54) is 0 Å². The Morgan fingerprint density at radius 1 is 1.15 bits per heavy atom. The van der Waals surface area contributed by atoms with Crippen LogP contribution in [0.15, 0.2) is 36.5 Å². The summed E-state index contributed by atoms with van der Waals surface area (Å²) in [5.74, 6) is 0.315. The van der Waals surface area contributed by atoms with Gasteiger partial charge in [0.2, 0.25) is 11.8 Å². The van der Waals surface area contributed by atoms with Gasteiger partial charge in [-0.2, -0.15) is 0 Å². The van der Waals surface area contributed by atoms with E-state index < -0.39 is 15.8 Å². The lowest BCUT2D eigenvalue weighted by atomic mass is 10.0. The number of aromatic nitrogens is 1. The average Bonchev–Trinajstić information content (AvgIpc) is 3.05. The molecule has 0 bridgehead atoms. The number of anilines is 1. The molecule has 26 heavy (non-hydrogen) atoms. The maximum absolute atomic E-state index is 12.8. The Kier molecular flexibility index (Phi) is 3.99. The van der Waals surface area contributed by atoms with E-state index in [-0.39, 0.29) is 23.3 Å². The molecule has 0 aliphatic carbocycles. The van der Waals surface area contributed by atoms with Crippen LogP contribution in [0, 0.1) is 25.7 Å². The predicted octanol–water partition coefficient (Wildman–Crippen LogP) is 2.50. The molecule has 0 spiro atoms. The number of carbonyl (C=O) groups is 1. The van der Waals surface area contributed by atoms with Crippen LogP contribution in [-0.2, 0) is 14.6 Å². The van der Waals surface area contributed by atoms with E-state index in [9.17, 15) is 13.2 Å². The van der Waals surface area contributed by atoms with Crippen molar-refractivity contribution < 1.29 is 17.9 Å². The van der Waals surface area contributed by atoms with Crippen LogP contribution < -0.4 is 9.64 Å². The molecule has 1 amide bonds. The summed E-state index contributed by atoms with van der Waals surface area (Å²) in [6.45, 7) is 4.37. The van der Waals surface area contributed by atoms with E-state index in [2.05, 4.69) is 4.98 Å². The Morgan fingerprint density at radius 2 is 1.96 bits per heavy atom. The van der Waals surface area contributed by atoms with Crippen LogP contribution >= 0.6 is 0 Å². The van der Waals surface area contributed by atoms with Crippen LogP contribution in [0.3, 0.4) is 0 Å². The first kappa shape index (κ1) is 17.0. The van der Waals surface area contributed by atoms with Crippen molar-refractivity contribution in [1.82, 2.24) is 4.98 Å². The fourth-order valence-corrected chi connectivity index (χ4v) is 5.81. The molecule has 1 aromatic carbocycles. The van der Waals surface area contributed by atoms with Gasteiger partial charge in [-0.25, -0.2) is 13.4 Å². The molecule has 0 radical (unpaired) electrons. The number of aryl methyl sites for hydroxylation is 1. The normalized spacial score (nSPS) is 23.9. The number of nitrogens with zero attached hydrogens (tertiary/aromatic N) is 2. The van der Waals surface area contributed by atoms with Crippen molar-refractivity contribution in [3.05, 3.63) is 47.7 Å². The third kappa shape index (κ3) is 2.86. The number of pyridine rings is 1. The lowest BCUT2D eigenvalue weighted by molar-refractivity contribution is -0.120. The first-order valence-electron chi connectivity index (χ1n) is 8.56. The van der Waals surface area contributed by atoms with Gasteiger partial charge < -0.3 is 9.64 Å². The molecule has 136 valence electrons. The van der Waals surface area contributed by atoms with E-state index in [0.29, 0.717) is 23.9 Å². The summed E-state index contributed by atoms with van der Waals surface area (Å²) in [6, 6.07) is 9.34. The van der Waals surface area contributed by atoms with Gasteiger partial charge in [0.25, 0.3) is 0 Å². The SMILES string of the molecule is Cc1cccc(Oc2ncccc2N2CC3CS(=O)(=O)CC3C2=O)c1C. The highest BCUT2D eigenvalue weighted by molar-refractivity contribution is 7.91. The van der Waals surface area contributed by atoms with Crippen molar-refractivity contribution in [2.45, 2.75) is 13.8 Å². The number of ether oxygens (including phenoxy) is 1. The molecule has 2 fully saturated rings. The van der Waals surface area contributed by atoms with Gasteiger partial charge in [-0.1, -0.05) is 12.1 Å². The van der Waals surface area contributed by atoms with Gasteiger partial charge in [0.15, 0.2) is 9.84 Å². The molecule has 2 atom stereocenters. The Labute approximate surface area is 152 Å². The van der Waals surface area contributed by atoms with Crippen molar-refractivity contribution in [3.63, 3.8) is 0 Å². The minimum atomic E-state index is -3.11. The summed E-state index contributed by atoms with van der Waals surface area (Å²) < 4.78 is 29.6. The topological polar surface area (TPSA) is 76.6 Å². The molecule has 7 heteroatoms. The quantitative estimate of drug-likeness (QED) is 0.827. The van der Waals surface area contributed by atoms with Crippen LogP contribution in [0.5, 0.6) is 11.6 Å². The zero-order chi connectivity index (χ0) is 18.5. The van der Waals surface area contributed by atoms with E-state index in [0.717, 1.165) is 11.1 Å². The predicted molar refractivity (Wildman–Crippen MR) is 98.2 cm³/mol. The fraction of sp³-hybridized carbons (Fsp3) is 0.368. The van der Waals surface area contributed by atoms with Crippen molar-refractivity contribution >= 4 is 21.4 Å². The van der Waals surface area contributed by atoms with Crippen molar-refractivity contribution in [3.8, 4) is 11.6 Å². The number of carbonyl (C=O) groups excluding carboxylic acids is 1. The molecular formula is C19H20N2O4S. The number of rotatable bonds is 3. The maximum Gasteiger partial charge on any atom is 0.243 e. The molecule has 2 aromatic rings. The highest BCUT2D eigenvalue weighted by Gasteiger charge is 2.50. The van der Waals surface area contributed by atoms with Gasteiger partial charge in [0.05, 0.1) is 17.4 Å². The summed E-state index contributed by atoms with van der Waals surface area (Å²) in [6.07, 6.45) is 1.62. The first-order valence-corrected chi connectivity index (χ1v) is 10.4. The second kappa shape index (κ2) is 6.09. The molecule has 2 aliphatic rings. The Morgan fingerprint density at radius 3 is 2.73 bits per heavy atom. The Hall–Kier alpha value is -2.41. The second-order valence-corrected chi connectivity index (χ2v) is 9.17. The number of fused-ring (bicyclic) bond motifs is 1. The third-order valence-electron chi connectivity index (χ3n) is 5.27. The fourth-order valence-electron chi connectivity index (χ4n) is 3.72.